The molecule has 0 saturated heterocycles. The standard InChI is InChI=1S/C17H28OS/c1-3-5-7-9-11-16-13-15(18)14-17(19-16)12-10-8-6-4-2/h13-14H,3-12H2,1-2H3. The highest BCUT2D eigenvalue weighted by Gasteiger charge is 2.01. The summed E-state index contributed by atoms with van der Waals surface area (Å²) in [5, 5.41) is 0. The topological polar surface area (TPSA) is 17.1 Å². The molecular weight excluding hydrogens is 252 g/mol. The Morgan fingerprint density at radius 3 is 1.68 bits per heavy atom. The third kappa shape index (κ3) is 7.51. The van der Waals surface area contributed by atoms with Crippen molar-refractivity contribution < 1.29 is 0 Å². The summed E-state index contributed by atoms with van der Waals surface area (Å²) in [5.74, 6) is 0. The lowest BCUT2D eigenvalue weighted by atomic mass is 10.1. The second-order valence-corrected chi connectivity index (χ2v) is 6.60. The van der Waals surface area contributed by atoms with Crippen LogP contribution >= 0.6 is 11.3 Å². The van der Waals surface area contributed by atoms with Gasteiger partial charge in [-0.1, -0.05) is 52.4 Å². The van der Waals surface area contributed by atoms with Crippen molar-refractivity contribution in [3.05, 3.63) is 32.1 Å². The average molecular weight is 280 g/mol. The second kappa shape index (κ2) is 10.2. The largest absolute Gasteiger partial charge is 0.290 e. The van der Waals surface area contributed by atoms with Crippen LogP contribution in [0.4, 0.5) is 0 Å². The van der Waals surface area contributed by atoms with Gasteiger partial charge in [-0.2, -0.15) is 0 Å². The Bertz CT molecular complexity index is 361. The van der Waals surface area contributed by atoms with Crippen molar-refractivity contribution in [2.45, 2.75) is 78.1 Å². The third-order valence-electron chi connectivity index (χ3n) is 3.42. The van der Waals surface area contributed by atoms with Crippen LogP contribution < -0.4 is 5.43 Å². The van der Waals surface area contributed by atoms with Gasteiger partial charge in [0.25, 0.3) is 0 Å². The lowest BCUT2D eigenvalue weighted by Crippen LogP contribution is -2.01. The van der Waals surface area contributed by atoms with Gasteiger partial charge in [-0.25, -0.2) is 0 Å². The maximum Gasteiger partial charge on any atom is 0.180 e. The Kier molecular flexibility index (Phi) is 8.81. The first-order valence-corrected chi connectivity index (χ1v) is 8.70. The highest BCUT2D eigenvalue weighted by atomic mass is 32.1. The molecule has 2 heteroatoms. The van der Waals surface area contributed by atoms with E-state index in [1.54, 1.807) is 0 Å². The first-order valence-electron chi connectivity index (χ1n) is 7.89. The Labute approximate surface area is 122 Å². The fourth-order valence-electron chi connectivity index (χ4n) is 2.28. The van der Waals surface area contributed by atoms with E-state index in [0.29, 0.717) is 0 Å². The number of unbranched alkanes of at least 4 members (excludes halogenated alkanes) is 6. The van der Waals surface area contributed by atoms with Crippen LogP contribution in [0.25, 0.3) is 0 Å². The van der Waals surface area contributed by atoms with E-state index in [2.05, 4.69) is 13.8 Å². The first-order chi connectivity index (χ1) is 9.26. The van der Waals surface area contributed by atoms with E-state index < -0.39 is 0 Å². The highest BCUT2D eigenvalue weighted by molar-refractivity contribution is 7.11. The van der Waals surface area contributed by atoms with Gasteiger partial charge in [0.2, 0.25) is 0 Å². The van der Waals surface area contributed by atoms with Crippen LogP contribution in [0.5, 0.6) is 0 Å². The highest BCUT2D eigenvalue weighted by Crippen LogP contribution is 2.17. The van der Waals surface area contributed by atoms with Crippen molar-refractivity contribution in [1.29, 1.82) is 0 Å². The Morgan fingerprint density at radius 1 is 0.789 bits per heavy atom. The molecule has 0 spiro atoms. The summed E-state index contributed by atoms with van der Waals surface area (Å²) in [5.41, 5.74) is 0.203. The minimum atomic E-state index is 0.203. The molecule has 1 rings (SSSR count). The van der Waals surface area contributed by atoms with Gasteiger partial charge >= 0.3 is 0 Å². The molecule has 0 amide bonds. The molecule has 0 bridgehead atoms. The molecule has 1 aromatic rings. The van der Waals surface area contributed by atoms with Crippen molar-refractivity contribution in [2.24, 2.45) is 0 Å². The van der Waals surface area contributed by atoms with Crippen molar-refractivity contribution in [3.63, 3.8) is 0 Å². The number of hydrogen-bond donors (Lipinski definition) is 0. The van der Waals surface area contributed by atoms with E-state index in [1.807, 2.05) is 23.5 Å². The van der Waals surface area contributed by atoms with E-state index in [-0.39, 0.29) is 5.43 Å². The van der Waals surface area contributed by atoms with Gasteiger partial charge in [0.1, 0.15) is 0 Å². The third-order valence-corrected chi connectivity index (χ3v) is 4.59. The van der Waals surface area contributed by atoms with Crippen molar-refractivity contribution in [3.8, 4) is 0 Å². The zero-order chi connectivity index (χ0) is 13.9. The summed E-state index contributed by atoms with van der Waals surface area (Å²) in [6, 6.07) is 3.68. The molecule has 0 atom stereocenters. The maximum absolute atomic E-state index is 11.7. The van der Waals surface area contributed by atoms with Gasteiger partial charge in [0, 0.05) is 9.75 Å². The normalized spacial score (nSPS) is 10.8. The monoisotopic (exact) mass is 280 g/mol. The number of hydrogen-bond acceptors (Lipinski definition) is 2. The van der Waals surface area contributed by atoms with Gasteiger partial charge in [-0.3, -0.25) is 4.79 Å². The van der Waals surface area contributed by atoms with Gasteiger partial charge in [0.05, 0.1) is 0 Å². The van der Waals surface area contributed by atoms with Crippen LogP contribution in [0.2, 0.25) is 0 Å². The first kappa shape index (κ1) is 16.4. The maximum atomic E-state index is 11.7. The van der Waals surface area contributed by atoms with Gasteiger partial charge in [0.15, 0.2) is 5.43 Å². The molecule has 0 N–H and O–H groups in total. The average Bonchev–Trinajstić information content (AvgIpc) is 2.39. The minimum Gasteiger partial charge on any atom is -0.290 e. The summed E-state index contributed by atoms with van der Waals surface area (Å²) in [6.07, 6.45) is 12.4. The fraction of sp³-hybridized carbons (Fsp3) is 0.706. The molecule has 0 aliphatic rings. The fourth-order valence-corrected chi connectivity index (χ4v) is 3.46. The zero-order valence-electron chi connectivity index (χ0n) is 12.5. The Morgan fingerprint density at radius 2 is 1.26 bits per heavy atom. The van der Waals surface area contributed by atoms with Crippen LogP contribution in [0.15, 0.2) is 16.9 Å². The molecular formula is C17H28OS. The Hall–Kier alpha value is -0.630. The quantitative estimate of drug-likeness (QED) is 0.528. The number of aryl methyl sites for hydroxylation is 2. The van der Waals surface area contributed by atoms with E-state index in [0.717, 1.165) is 12.8 Å². The molecule has 1 nitrogen and oxygen atoms in total. The van der Waals surface area contributed by atoms with E-state index >= 15 is 0 Å². The lowest BCUT2D eigenvalue weighted by Gasteiger charge is -2.04. The molecule has 19 heavy (non-hydrogen) atoms. The van der Waals surface area contributed by atoms with Crippen LogP contribution in [0.1, 0.15) is 75.0 Å². The summed E-state index contributed by atoms with van der Waals surface area (Å²) < 4.78 is 0. The van der Waals surface area contributed by atoms with E-state index in [9.17, 15) is 4.79 Å². The van der Waals surface area contributed by atoms with Crippen LogP contribution in [-0.4, -0.2) is 0 Å². The lowest BCUT2D eigenvalue weighted by molar-refractivity contribution is 0.667. The summed E-state index contributed by atoms with van der Waals surface area (Å²) >= 11 is 1.85. The second-order valence-electron chi connectivity index (χ2n) is 5.35. The van der Waals surface area contributed by atoms with Crippen molar-refractivity contribution in [2.75, 3.05) is 0 Å². The van der Waals surface area contributed by atoms with E-state index in [4.69, 9.17) is 0 Å². The van der Waals surface area contributed by atoms with E-state index in [1.165, 1.54) is 61.1 Å². The van der Waals surface area contributed by atoms with Crippen molar-refractivity contribution in [1.82, 2.24) is 0 Å². The molecule has 0 aliphatic heterocycles. The molecule has 0 aliphatic carbocycles. The molecule has 0 radical (unpaired) electrons. The molecule has 0 unspecified atom stereocenters. The molecule has 1 aromatic heterocycles. The molecule has 0 aromatic carbocycles. The van der Waals surface area contributed by atoms with Gasteiger partial charge in [-0.15, -0.1) is 11.3 Å². The van der Waals surface area contributed by atoms with Crippen LogP contribution in [0.3, 0.4) is 0 Å². The summed E-state index contributed by atoms with van der Waals surface area (Å²) in [4.78, 5) is 14.3. The van der Waals surface area contributed by atoms with Gasteiger partial charge in [-0.05, 0) is 37.8 Å². The van der Waals surface area contributed by atoms with Gasteiger partial charge < -0.3 is 0 Å². The summed E-state index contributed by atoms with van der Waals surface area (Å²) in [6.45, 7) is 4.46. The summed E-state index contributed by atoms with van der Waals surface area (Å²) in [7, 11) is 0. The Balaban J connectivity index is 2.44. The minimum absolute atomic E-state index is 0.203. The zero-order valence-corrected chi connectivity index (χ0v) is 13.4. The van der Waals surface area contributed by atoms with Crippen LogP contribution in [-0.2, 0) is 12.8 Å². The molecule has 0 fully saturated rings. The predicted octanol–water partition coefficient (Wildman–Crippen LogP) is 5.35. The predicted molar refractivity (Wildman–Crippen MR) is 86.3 cm³/mol. The molecule has 108 valence electrons. The smallest absolute Gasteiger partial charge is 0.180 e. The molecule has 0 saturated carbocycles. The van der Waals surface area contributed by atoms with Crippen molar-refractivity contribution >= 4 is 11.3 Å². The SMILES string of the molecule is CCCCCCc1cc(=O)cc(CCCCCC)s1. The van der Waals surface area contributed by atoms with Crippen LogP contribution in [0, 0.1) is 0 Å². The number of rotatable bonds is 10. The molecule has 1 heterocycles.